The molecule has 1 aromatic carbocycles. The summed E-state index contributed by atoms with van der Waals surface area (Å²) in [6.45, 7) is 4.17. The highest BCUT2D eigenvalue weighted by molar-refractivity contribution is 5.97. The number of hydrogen-bond donors (Lipinski definition) is 2. The first-order chi connectivity index (χ1) is 13.9. The fourth-order valence-corrected chi connectivity index (χ4v) is 4.03. The molecule has 2 aliphatic rings. The lowest BCUT2D eigenvalue weighted by molar-refractivity contribution is -0.143. The van der Waals surface area contributed by atoms with E-state index in [9.17, 15) is 19.2 Å². The van der Waals surface area contributed by atoms with Gasteiger partial charge in [0.25, 0.3) is 5.91 Å². The number of nitrogens with zero attached hydrogens (tertiary/aromatic N) is 2. The summed E-state index contributed by atoms with van der Waals surface area (Å²) in [5.74, 6) is -0.753. The summed E-state index contributed by atoms with van der Waals surface area (Å²) in [6, 6.07) is 6.07. The zero-order valence-electron chi connectivity index (χ0n) is 16.7. The van der Waals surface area contributed by atoms with Crippen LogP contribution in [0.3, 0.4) is 0 Å². The maximum atomic E-state index is 13.0. The van der Waals surface area contributed by atoms with Crippen molar-refractivity contribution >= 4 is 23.6 Å². The van der Waals surface area contributed by atoms with Gasteiger partial charge >= 0.3 is 0 Å². The fraction of sp³-hybridized carbons (Fsp3) is 0.524. The first-order valence-electron chi connectivity index (χ1n) is 10.2. The van der Waals surface area contributed by atoms with E-state index in [4.69, 9.17) is 5.73 Å². The van der Waals surface area contributed by atoms with Crippen LogP contribution in [-0.4, -0.2) is 65.6 Å². The first kappa shape index (κ1) is 20.8. The molecule has 1 aromatic rings. The Hall–Kier alpha value is -2.90. The first-order valence-corrected chi connectivity index (χ1v) is 10.2. The molecular formula is C21H28N4O4. The Labute approximate surface area is 170 Å². The number of primary amides is 1. The molecule has 0 aliphatic carbocycles. The molecule has 3 rings (SSSR count). The number of amides is 4. The molecule has 0 aromatic heterocycles. The lowest BCUT2D eigenvalue weighted by Crippen LogP contribution is -2.53. The van der Waals surface area contributed by atoms with E-state index < -0.39 is 5.91 Å². The van der Waals surface area contributed by atoms with Crippen molar-refractivity contribution in [2.45, 2.75) is 38.6 Å². The van der Waals surface area contributed by atoms with Crippen molar-refractivity contribution in [1.29, 1.82) is 0 Å². The number of benzene rings is 1. The second-order valence-electron chi connectivity index (χ2n) is 7.71. The van der Waals surface area contributed by atoms with Crippen LogP contribution in [0.15, 0.2) is 24.3 Å². The molecule has 0 bridgehead atoms. The average Bonchev–Trinajstić information content (AvgIpc) is 2.73. The Kier molecular flexibility index (Phi) is 6.51. The number of carbonyl (C=O) groups excluding carboxylic acids is 4. The van der Waals surface area contributed by atoms with E-state index in [2.05, 4.69) is 5.32 Å². The summed E-state index contributed by atoms with van der Waals surface area (Å²) >= 11 is 0. The molecule has 2 fully saturated rings. The normalized spacial score (nSPS) is 22.3. The summed E-state index contributed by atoms with van der Waals surface area (Å²) in [5.41, 5.74) is 6.02. The van der Waals surface area contributed by atoms with Gasteiger partial charge in [0.2, 0.25) is 17.7 Å². The number of likely N-dealkylation sites (tertiary alicyclic amines) is 2. The summed E-state index contributed by atoms with van der Waals surface area (Å²) in [6.07, 6.45) is 2.63. The van der Waals surface area contributed by atoms with E-state index in [1.165, 1.54) is 12.1 Å². The number of rotatable bonds is 5. The largest absolute Gasteiger partial charge is 0.366 e. The molecule has 8 nitrogen and oxygen atoms in total. The molecule has 29 heavy (non-hydrogen) atoms. The van der Waals surface area contributed by atoms with Gasteiger partial charge in [0.1, 0.15) is 0 Å². The predicted molar refractivity (Wildman–Crippen MR) is 107 cm³/mol. The highest BCUT2D eigenvalue weighted by atomic mass is 16.2. The Morgan fingerprint density at radius 3 is 2.45 bits per heavy atom. The number of piperidine rings is 2. The molecular weight excluding hydrogens is 372 g/mol. The Bertz CT molecular complexity index is 792. The summed E-state index contributed by atoms with van der Waals surface area (Å²) in [5, 5.41) is 2.99. The summed E-state index contributed by atoms with van der Waals surface area (Å²) in [4.78, 5) is 52.0. The van der Waals surface area contributed by atoms with Gasteiger partial charge in [-0.1, -0.05) is 0 Å². The van der Waals surface area contributed by atoms with Gasteiger partial charge in [-0.3, -0.25) is 19.2 Å². The Morgan fingerprint density at radius 1 is 1.10 bits per heavy atom. The zero-order valence-corrected chi connectivity index (χ0v) is 16.7. The summed E-state index contributed by atoms with van der Waals surface area (Å²) in [7, 11) is 0. The van der Waals surface area contributed by atoms with Crippen molar-refractivity contribution in [3.05, 3.63) is 35.4 Å². The van der Waals surface area contributed by atoms with Crippen LogP contribution in [0.25, 0.3) is 0 Å². The van der Waals surface area contributed by atoms with Crippen LogP contribution in [0.5, 0.6) is 0 Å². The SMILES string of the molecule is CCN1CC(C(=O)N2CCC[C@@H](NC(=O)c3ccc(C(N)=O)cc3)C2)CCC1=O. The van der Waals surface area contributed by atoms with Crippen LogP contribution >= 0.6 is 0 Å². The third kappa shape index (κ3) is 4.93. The van der Waals surface area contributed by atoms with Crippen molar-refractivity contribution in [3.8, 4) is 0 Å². The van der Waals surface area contributed by atoms with E-state index >= 15 is 0 Å². The summed E-state index contributed by atoms with van der Waals surface area (Å²) < 4.78 is 0. The van der Waals surface area contributed by atoms with Gasteiger partial charge in [-0.2, -0.15) is 0 Å². The third-order valence-electron chi connectivity index (χ3n) is 5.73. The highest BCUT2D eigenvalue weighted by Crippen LogP contribution is 2.22. The van der Waals surface area contributed by atoms with Crippen molar-refractivity contribution in [1.82, 2.24) is 15.1 Å². The number of carbonyl (C=O) groups is 4. The Morgan fingerprint density at radius 2 is 1.79 bits per heavy atom. The molecule has 156 valence electrons. The average molecular weight is 400 g/mol. The van der Waals surface area contributed by atoms with Crippen molar-refractivity contribution in [2.75, 3.05) is 26.2 Å². The maximum Gasteiger partial charge on any atom is 0.251 e. The maximum absolute atomic E-state index is 13.0. The third-order valence-corrected chi connectivity index (χ3v) is 5.73. The number of nitrogens with two attached hydrogens (primary N) is 1. The van der Waals surface area contributed by atoms with Crippen LogP contribution in [0.4, 0.5) is 0 Å². The van der Waals surface area contributed by atoms with Crippen molar-refractivity contribution in [3.63, 3.8) is 0 Å². The molecule has 3 N–H and O–H groups in total. The minimum Gasteiger partial charge on any atom is -0.366 e. The van der Waals surface area contributed by atoms with Gasteiger partial charge in [0.15, 0.2) is 0 Å². The van der Waals surface area contributed by atoms with E-state index in [1.807, 2.05) is 11.8 Å². The molecule has 2 atom stereocenters. The number of hydrogen-bond acceptors (Lipinski definition) is 4. The quantitative estimate of drug-likeness (QED) is 0.760. The predicted octanol–water partition coefficient (Wildman–Crippen LogP) is 0.765. The van der Waals surface area contributed by atoms with Crippen LogP contribution in [-0.2, 0) is 9.59 Å². The van der Waals surface area contributed by atoms with E-state index in [-0.39, 0.29) is 29.7 Å². The van der Waals surface area contributed by atoms with E-state index in [0.29, 0.717) is 50.1 Å². The van der Waals surface area contributed by atoms with Gasteiger partial charge < -0.3 is 20.9 Å². The fourth-order valence-electron chi connectivity index (χ4n) is 4.03. The van der Waals surface area contributed by atoms with Crippen LogP contribution < -0.4 is 11.1 Å². The van der Waals surface area contributed by atoms with Gasteiger partial charge in [-0.25, -0.2) is 0 Å². The molecule has 2 heterocycles. The molecule has 4 amide bonds. The lowest BCUT2D eigenvalue weighted by Gasteiger charge is -2.38. The zero-order chi connectivity index (χ0) is 21.0. The van der Waals surface area contributed by atoms with Gasteiger partial charge in [-0.05, 0) is 50.5 Å². The molecule has 1 unspecified atom stereocenters. The van der Waals surface area contributed by atoms with Crippen molar-refractivity contribution in [2.24, 2.45) is 11.7 Å². The number of nitrogens with one attached hydrogen (secondary N) is 1. The van der Waals surface area contributed by atoms with Gasteiger partial charge in [-0.15, -0.1) is 0 Å². The molecule has 2 aliphatic heterocycles. The smallest absolute Gasteiger partial charge is 0.251 e. The van der Waals surface area contributed by atoms with Gasteiger partial charge in [0, 0.05) is 49.8 Å². The van der Waals surface area contributed by atoms with E-state index in [1.54, 1.807) is 17.0 Å². The molecule has 0 saturated carbocycles. The van der Waals surface area contributed by atoms with Crippen LogP contribution in [0.2, 0.25) is 0 Å². The molecule has 8 heteroatoms. The minimum atomic E-state index is -0.538. The standard InChI is InChI=1S/C21H28N4O4/c1-2-24-12-16(9-10-18(24)26)21(29)25-11-3-4-17(13-25)23-20(28)15-7-5-14(6-8-15)19(22)27/h5-8,16-17H,2-4,9-13H2,1H3,(H2,22,27)(H,23,28)/t16?,17-/m1/s1. The van der Waals surface area contributed by atoms with Crippen LogP contribution in [0, 0.1) is 5.92 Å². The molecule has 0 radical (unpaired) electrons. The monoisotopic (exact) mass is 400 g/mol. The molecule has 0 spiro atoms. The molecule has 2 saturated heterocycles. The van der Waals surface area contributed by atoms with E-state index in [0.717, 1.165) is 12.8 Å². The second kappa shape index (κ2) is 9.07. The highest BCUT2D eigenvalue weighted by Gasteiger charge is 2.34. The lowest BCUT2D eigenvalue weighted by atomic mass is 9.94. The minimum absolute atomic E-state index is 0.0701. The van der Waals surface area contributed by atoms with Gasteiger partial charge in [0.05, 0.1) is 5.92 Å². The second-order valence-corrected chi connectivity index (χ2v) is 7.71. The topological polar surface area (TPSA) is 113 Å². The Balaban J connectivity index is 1.57. The van der Waals surface area contributed by atoms with Crippen molar-refractivity contribution < 1.29 is 19.2 Å². The van der Waals surface area contributed by atoms with Crippen LogP contribution in [0.1, 0.15) is 53.3 Å².